The number of hydrogen-bond donors (Lipinski definition) is 0. The van der Waals surface area contributed by atoms with Gasteiger partial charge >= 0.3 is 0 Å². The number of nitrogens with zero attached hydrogens (tertiary/aromatic N) is 2. The van der Waals surface area contributed by atoms with E-state index in [9.17, 15) is 0 Å². The van der Waals surface area contributed by atoms with Gasteiger partial charge in [-0.3, -0.25) is 4.99 Å². The van der Waals surface area contributed by atoms with Crippen molar-refractivity contribution in [2.75, 3.05) is 25.4 Å². The van der Waals surface area contributed by atoms with Crippen LogP contribution in [0, 0.1) is 0 Å². The lowest BCUT2D eigenvalue weighted by Gasteiger charge is -2.15. The largest absolute Gasteiger partial charge is 0.351 e. The quantitative estimate of drug-likeness (QED) is 0.523. The molecule has 0 radical (unpaired) electrons. The van der Waals surface area contributed by atoms with Crippen LogP contribution in [0.3, 0.4) is 0 Å². The molecule has 0 aromatic heterocycles. The van der Waals surface area contributed by atoms with Gasteiger partial charge in [0.25, 0.3) is 0 Å². The summed E-state index contributed by atoms with van der Waals surface area (Å²) in [6.07, 6.45) is 2.72. The van der Waals surface area contributed by atoms with E-state index in [0.717, 1.165) is 6.54 Å². The van der Waals surface area contributed by atoms with Crippen LogP contribution >= 0.6 is 11.8 Å². The van der Waals surface area contributed by atoms with Crippen molar-refractivity contribution in [1.29, 1.82) is 0 Å². The zero-order chi connectivity index (χ0) is 6.81. The molecule has 2 rings (SSSR count). The number of aliphatic imine (C=N–C) groups is 1. The summed E-state index contributed by atoms with van der Waals surface area (Å²) in [4.78, 5) is 6.84. The van der Waals surface area contributed by atoms with Crippen LogP contribution in [0.5, 0.6) is 0 Å². The Kier molecular flexibility index (Phi) is 1.84. The van der Waals surface area contributed by atoms with Crippen molar-refractivity contribution >= 4 is 16.9 Å². The Hall–Kier alpha value is -0.180. The van der Waals surface area contributed by atoms with Crippen molar-refractivity contribution < 1.29 is 0 Å². The third kappa shape index (κ3) is 1.15. The first-order chi connectivity index (χ1) is 4.97. The number of hydrogen-bond acceptors (Lipinski definition) is 3. The number of likely N-dealkylation sites (tertiary alicyclic amines) is 1. The zero-order valence-electron chi connectivity index (χ0n) is 6.05. The van der Waals surface area contributed by atoms with Crippen molar-refractivity contribution in [3.8, 4) is 0 Å². The second-order valence-electron chi connectivity index (χ2n) is 2.71. The van der Waals surface area contributed by atoms with Crippen LogP contribution in [-0.2, 0) is 0 Å². The van der Waals surface area contributed by atoms with E-state index < -0.39 is 0 Å². The van der Waals surface area contributed by atoms with Crippen molar-refractivity contribution in [2.24, 2.45) is 4.99 Å². The highest BCUT2D eigenvalue weighted by Gasteiger charge is 2.18. The maximum absolute atomic E-state index is 4.42. The van der Waals surface area contributed by atoms with Gasteiger partial charge in [-0.05, 0) is 12.8 Å². The van der Waals surface area contributed by atoms with E-state index in [1.807, 2.05) is 11.8 Å². The lowest BCUT2D eigenvalue weighted by Crippen LogP contribution is -2.23. The highest BCUT2D eigenvalue weighted by molar-refractivity contribution is 8.14. The predicted octanol–water partition coefficient (Wildman–Crippen LogP) is 1.18. The standard InChI is InChI=1S/C7H12N2S/c1-2-5-9(4-1)7-8-3-6-10-7/h1-6H2. The van der Waals surface area contributed by atoms with E-state index in [2.05, 4.69) is 9.89 Å². The number of amidine groups is 1. The Balaban J connectivity index is 1.97. The third-order valence-corrected chi connectivity index (χ3v) is 2.98. The summed E-state index contributed by atoms with van der Waals surface area (Å²) in [5.74, 6) is 1.20. The van der Waals surface area contributed by atoms with Gasteiger partial charge in [-0.1, -0.05) is 11.8 Å². The minimum Gasteiger partial charge on any atom is -0.351 e. The Morgan fingerprint density at radius 2 is 2.10 bits per heavy atom. The average molecular weight is 156 g/mol. The first-order valence-corrected chi connectivity index (χ1v) is 4.87. The second-order valence-corrected chi connectivity index (χ2v) is 3.77. The van der Waals surface area contributed by atoms with Gasteiger partial charge in [0.05, 0.1) is 6.54 Å². The van der Waals surface area contributed by atoms with Crippen LogP contribution in [0.2, 0.25) is 0 Å². The smallest absolute Gasteiger partial charge is 0.159 e. The molecule has 0 atom stereocenters. The number of rotatable bonds is 0. The Morgan fingerprint density at radius 1 is 1.30 bits per heavy atom. The van der Waals surface area contributed by atoms with Gasteiger partial charge in [0, 0.05) is 18.8 Å². The van der Waals surface area contributed by atoms with Crippen molar-refractivity contribution in [1.82, 2.24) is 4.90 Å². The summed E-state index contributed by atoms with van der Waals surface area (Å²) in [7, 11) is 0. The fourth-order valence-electron chi connectivity index (χ4n) is 1.42. The lowest BCUT2D eigenvalue weighted by atomic mass is 10.4. The van der Waals surface area contributed by atoms with E-state index in [-0.39, 0.29) is 0 Å². The molecule has 0 amide bonds. The lowest BCUT2D eigenvalue weighted by molar-refractivity contribution is 0.530. The Bertz CT molecular complexity index is 150. The summed E-state index contributed by atoms with van der Waals surface area (Å²) in [5.41, 5.74) is 0. The first kappa shape index (κ1) is 6.53. The molecule has 2 nitrogen and oxygen atoms in total. The van der Waals surface area contributed by atoms with Gasteiger partial charge in [0.2, 0.25) is 0 Å². The van der Waals surface area contributed by atoms with E-state index in [4.69, 9.17) is 0 Å². The molecule has 1 saturated heterocycles. The minimum absolute atomic E-state index is 1.04. The SMILES string of the molecule is C1CCN(C2=NCCS2)C1. The summed E-state index contributed by atoms with van der Waals surface area (Å²) in [6.45, 7) is 3.52. The van der Waals surface area contributed by atoms with E-state index in [1.165, 1.54) is 36.9 Å². The molecule has 0 saturated carbocycles. The van der Waals surface area contributed by atoms with Crippen LogP contribution in [0.1, 0.15) is 12.8 Å². The zero-order valence-corrected chi connectivity index (χ0v) is 6.86. The fraction of sp³-hybridized carbons (Fsp3) is 0.857. The molecule has 2 aliphatic heterocycles. The van der Waals surface area contributed by atoms with Gasteiger partial charge < -0.3 is 4.90 Å². The van der Waals surface area contributed by atoms with Gasteiger partial charge in [0.1, 0.15) is 0 Å². The monoisotopic (exact) mass is 156 g/mol. The second kappa shape index (κ2) is 2.82. The Labute approximate surface area is 65.7 Å². The Morgan fingerprint density at radius 3 is 2.70 bits per heavy atom. The van der Waals surface area contributed by atoms with Crippen molar-refractivity contribution in [3.05, 3.63) is 0 Å². The molecule has 0 aromatic carbocycles. The summed E-state index contributed by atoms with van der Waals surface area (Å²) >= 11 is 1.92. The van der Waals surface area contributed by atoms with Crippen LogP contribution in [0.4, 0.5) is 0 Å². The molecule has 0 unspecified atom stereocenters. The molecule has 2 heterocycles. The molecule has 0 N–H and O–H groups in total. The van der Waals surface area contributed by atoms with Gasteiger partial charge in [0.15, 0.2) is 5.17 Å². The predicted molar refractivity (Wildman–Crippen MR) is 45.6 cm³/mol. The van der Waals surface area contributed by atoms with E-state index in [1.54, 1.807) is 0 Å². The first-order valence-electron chi connectivity index (χ1n) is 3.89. The highest BCUT2D eigenvalue weighted by Crippen LogP contribution is 2.19. The van der Waals surface area contributed by atoms with E-state index >= 15 is 0 Å². The highest BCUT2D eigenvalue weighted by atomic mass is 32.2. The normalized spacial score (nSPS) is 25.6. The number of thioether (sulfide) groups is 1. The molecule has 0 spiro atoms. The topological polar surface area (TPSA) is 15.6 Å². The van der Waals surface area contributed by atoms with Crippen LogP contribution in [0.25, 0.3) is 0 Å². The van der Waals surface area contributed by atoms with Crippen molar-refractivity contribution in [3.63, 3.8) is 0 Å². The maximum atomic E-state index is 4.42. The van der Waals surface area contributed by atoms with E-state index in [0.29, 0.717) is 0 Å². The summed E-state index contributed by atoms with van der Waals surface area (Å²) in [5, 5.41) is 1.30. The van der Waals surface area contributed by atoms with Crippen LogP contribution < -0.4 is 0 Å². The molecular weight excluding hydrogens is 144 g/mol. The molecule has 56 valence electrons. The molecule has 10 heavy (non-hydrogen) atoms. The van der Waals surface area contributed by atoms with Crippen molar-refractivity contribution in [2.45, 2.75) is 12.8 Å². The van der Waals surface area contributed by atoms with Gasteiger partial charge in [-0.15, -0.1) is 0 Å². The maximum Gasteiger partial charge on any atom is 0.159 e. The molecule has 1 fully saturated rings. The van der Waals surface area contributed by atoms with Crippen LogP contribution in [0.15, 0.2) is 4.99 Å². The third-order valence-electron chi connectivity index (χ3n) is 1.95. The molecule has 2 aliphatic rings. The summed E-state index contributed by atoms with van der Waals surface area (Å²) < 4.78 is 0. The molecule has 0 bridgehead atoms. The molecule has 0 aliphatic carbocycles. The molecule has 3 heteroatoms. The average Bonchev–Trinajstić information content (AvgIpc) is 2.59. The van der Waals surface area contributed by atoms with Crippen LogP contribution in [-0.4, -0.2) is 35.5 Å². The molecule has 0 aromatic rings. The van der Waals surface area contributed by atoms with Gasteiger partial charge in [-0.2, -0.15) is 0 Å². The molecular formula is C7H12N2S. The van der Waals surface area contributed by atoms with Gasteiger partial charge in [-0.25, -0.2) is 0 Å². The fourth-order valence-corrected chi connectivity index (χ4v) is 2.34. The summed E-state index contributed by atoms with van der Waals surface area (Å²) in [6, 6.07) is 0. The minimum atomic E-state index is 1.04.